The first kappa shape index (κ1) is 17.4. The van der Waals surface area contributed by atoms with E-state index in [4.69, 9.17) is 16.0 Å². The molecule has 0 saturated carbocycles. The number of imidazole rings is 1. The molecule has 0 spiro atoms. The number of aromatic nitrogens is 2. The van der Waals surface area contributed by atoms with Crippen molar-refractivity contribution in [2.75, 3.05) is 20.1 Å². The lowest BCUT2D eigenvalue weighted by Crippen LogP contribution is -2.40. The summed E-state index contributed by atoms with van der Waals surface area (Å²) in [5, 5.41) is 4.02. The lowest BCUT2D eigenvalue weighted by molar-refractivity contribution is 0.449. The Hall–Kier alpha value is -1.95. The van der Waals surface area contributed by atoms with Crippen molar-refractivity contribution in [2.24, 2.45) is 12.0 Å². The average Bonchev–Trinajstić information content (AvgIpc) is 3.16. The molecule has 2 heterocycles. The summed E-state index contributed by atoms with van der Waals surface area (Å²) in [6.07, 6.45) is 5.18. The largest absolute Gasteiger partial charge is 0.469 e. The topological polar surface area (TPSA) is 58.6 Å². The van der Waals surface area contributed by atoms with E-state index in [1.807, 2.05) is 30.8 Å². The van der Waals surface area contributed by atoms with Gasteiger partial charge in [0.05, 0.1) is 19.0 Å². The maximum atomic E-state index is 6.04. The molecular weight excluding hydrogens is 314 g/mol. The zero-order chi connectivity index (χ0) is 16.7. The molecule has 7 heteroatoms. The molecule has 0 atom stereocenters. The fraction of sp³-hybridized carbons (Fsp3) is 0.500. The molecule has 0 aliphatic rings. The number of furan rings is 1. The minimum Gasteiger partial charge on any atom is -0.469 e. The first-order valence-electron chi connectivity index (χ1n) is 7.79. The molecule has 0 saturated heterocycles. The van der Waals surface area contributed by atoms with E-state index in [9.17, 15) is 0 Å². The maximum absolute atomic E-state index is 6.04. The Morgan fingerprint density at radius 2 is 2.35 bits per heavy atom. The van der Waals surface area contributed by atoms with E-state index in [1.165, 1.54) is 0 Å². The molecule has 0 amide bonds. The van der Waals surface area contributed by atoms with Crippen LogP contribution in [0.3, 0.4) is 0 Å². The van der Waals surface area contributed by atoms with Crippen molar-refractivity contribution in [2.45, 2.75) is 26.3 Å². The van der Waals surface area contributed by atoms with E-state index in [2.05, 4.69) is 27.1 Å². The smallest absolute Gasteiger partial charge is 0.194 e. The monoisotopic (exact) mass is 337 g/mol. The summed E-state index contributed by atoms with van der Waals surface area (Å²) in [5.41, 5.74) is 0. The molecule has 0 aliphatic carbocycles. The first-order chi connectivity index (χ1) is 11.1. The maximum Gasteiger partial charge on any atom is 0.194 e. The third-order valence-corrected chi connectivity index (χ3v) is 3.84. The van der Waals surface area contributed by atoms with Crippen molar-refractivity contribution in [1.82, 2.24) is 19.8 Å². The molecule has 2 rings (SSSR count). The number of nitrogens with one attached hydrogen (secondary N) is 1. The highest BCUT2D eigenvalue weighted by Gasteiger charge is 2.11. The van der Waals surface area contributed by atoms with Crippen molar-refractivity contribution < 1.29 is 4.42 Å². The van der Waals surface area contributed by atoms with Gasteiger partial charge >= 0.3 is 0 Å². The van der Waals surface area contributed by atoms with Gasteiger partial charge in [-0.25, -0.2) is 4.98 Å². The van der Waals surface area contributed by atoms with Crippen LogP contribution in [0.5, 0.6) is 0 Å². The standard InChI is InChI=1S/C16H24ClN5O/c1-4-8-18-16(19-9-7-13-6-5-10-23-13)21(2)12-15-20-11-14(17)22(15)3/h5-6,10-11H,4,7-9,12H2,1-3H3,(H,18,19). The van der Waals surface area contributed by atoms with Gasteiger partial charge in [-0.3, -0.25) is 4.99 Å². The highest BCUT2D eigenvalue weighted by atomic mass is 35.5. The third kappa shape index (κ3) is 5.03. The molecule has 0 fully saturated rings. The van der Waals surface area contributed by atoms with Crippen LogP contribution in [-0.4, -0.2) is 40.5 Å². The fourth-order valence-corrected chi connectivity index (χ4v) is 2.29. The van der Waals surface area contributed by atoms with Gasteiger partial charge in [-0.2, -0.15) is 0 Å². The van der Waals surface area contributed by atoms with Gasteiger partial charge in [-0.15, -0.1) is 0 Å². The third-order valence-electron chi connectivity index (χ3n) is 3.49. The summed E-state index contributed by atoms with van der Waals surface area (Å²) < 4.78 is 7.22. The van der Waals surface area contributed by atoms with Crippen LogP contribution in [-0.2, 0) is 20.0 Å². The highest BCUT2D eigenvalue weighted by molar-refractivity contribution is 6.29. The van der Waals surface area contributed by atoms with Crippen LogP contribution in [0.25, 0.3) is 0 Å². The molecule has 0 unspecified atom stereocenters. The van der Waals surface area contributed by atoms with Gasteiger partial charge in [0.2, 0.25) is 0 Å². The molecule has 2 aromatic heterocycles. The van der Waals surface area contributed by atoms with Gasteiger partial charge in [-0.1, -0.05) is 18.5 Å². The minimum atomic E-state index is 0.631. The van der Waals surface area contributed by atoms with Crippen molar-refractivity contribution in [3.05, 3.63) is 41.3 Å². The summed E-state index contributed by atoms with van der Waals surface area (Å²) in [4.78, 5) is 11.0. The summed E-state index contributed by atoms with van der Waals surface area (Å²) >= 11 is 6.04. The Kier molecular flexibility index (Phi) is 6.52. The molecule has 23 heavy (non-hydrogen) atoms. The van der Waals surface area contributed by atoms with Gasteiger partial charge < -0.3 is 19.2 Å². The molecule has 126 valence electrons. The van der Waals surface area contributed by atoms with Crippen LogP contribution in [0, 0.1) is 0 Å². The number of halogens is 1. The predicted octanol–water partition coefficient (Wildman–Crippen LogP) is 2.70. The molecule has 6 nitrogen and oxygen atoms in total. The van der Waals surface area contributed by atoms with Crippen LogP contribution in [0.4, 0.5) is 0 Å². The summed E-state index contributed by atoms with van der Waals surface area (Å²) in [6.45, 7) is 4.30. The van der Waals surface area contributed by atoms with Gasteiger partial charge in [0.25, 0.3) is 0 Å². The highest BCUT2D eigenvalue weighted by Crippen LogP contribution is 2.10. The molecule has 0 aromatic carbocycles. The summed E-state index contributed by atoms with van der Waals surface area (Å²) in [7, 11) is 3.91. The Morgan fingerprint density at radius 1 is 1.52 bits per heavy atom. The lowest BCUT2D eigenvalue weighted by Gasteiger charge is -2.22. The van der Waals surface area contributed by atoms with Crippen molar-refractivity contribution >= 4 is 17.6 Å². The van der Waals surface area contributed by atoms with Crippen LogP contribution < -0.4 is 5.32 Å². The minimum absolute atomic E-state index is 0.631. The van der Waals surface area contributed by atoms with Gasteiger partial charge in [0, 0.05) is 33.6 Å². The van der Waals surface area contributed by atoms with E-state index < -0.39 is 0 Å². The van der Waals surface area contributed by atoms with Gasteiger partial charge in [0.15, 0.2) is 5.96 Å². The van der Waals surface area contributed by atoms with Crippen LogP contribution in [0.1, 0.15) is 24.9 Å². The van der Waals surface area contributed by atoms with Crippen molar-refractivity contribution in [3.8, 4) is 0 Å². The predicted molar refractivity (Wildman–Crippen MR) is 92.7 cm³/mol. The molecule has 1 N–H and O–H groups in total. The number of hydrogen-bond donors (Lipinski definition) is 1. The second-order valence-corrected chi connectivity index (χ2v) is 5.76. The molecular formula is C16H24ClN5O. The molecule has 0 bridgehead atoms. The second kappa shape index (κ2) is 8.62. The lowest BCUT2D eigenvalue weighted by atomic mass is 10.3. The Bertz CT molecular complexity index is 620. The summed E-state index contributed by atoms with van der Waals surface area (Å²) in [6, 6.07) is 3.88. The molecule has 2 aromatic rings. The fourth-order valence-electron chi connectivity index (χ4n) is 2.14. The zero-order valence-corrected chi connectivity index (χ0v) is 14.7. The quantitative estimate of drug-likeness (QED) is 0.623. The van der Waals surface area contributed by atoms with Crippen molar-refractivity contribution in [1.29, 1.82) is 0 Å². The SMILES string of the molecule is CCCN=C(NCCc1ccco1)N(C)Cc1ncc(Cl)n1C. The molecule has 0 aliphatic heterocycles. The Balaban J connectivity index is 1.94. The average molecular weight is 338 g/mol. The zero-order valence-electron chi connectivity index (χ0n) is 13.9. The Labute approximate surface area is 142 Å². The van der Waals surface area contributed by atoms with E-state index >= 15 is 0 Å². The van der Waals surface area contributed by atoms with Gasteiger partial charge in [-0.05, 0) is 18.6 Å². The normalized spacial score (nSPS) is 11.7. The Morgan fingerprint density at radius 3 is 2.96 bits per heavy atom. The van der Waals surface area contributed by atoms with E-state index in [0.717, 1.165) is 43.5 Å². The first-order valence-corrected chi connectivity index (χ1v) is 8.17. The van der Waals surface area contributed by atoms with E-state index in [-0.39, 0.29) is 0 Å². The second-order valence-electron chi connectivity index (χ2n) is 5.37. The van der Waals surface area contributed by atoms with Crippen LogP contribution >= 0.6 is 11.6 Å². The molecule has 0 radical (unpaired) electrons. The van der Waals surface area contributed by atoms with Gasteiger partial charge in [0.1, 0.15) is 16.7 Å². The van der Waals surface area contributed by atoms with Crippen molar-refractivity contribution in [3.63, 3.8) is 0 Å². The van der Waals surface area contributed by atoms with E-state index in [1.54, 1.807) is 12.5 Å². The number of guanidine groups is 1. The number of hydrogen-bond acceptors (Lipinski definition) is 3. The van der Waals surface area contributed by atoms with Crippen LogP contribution in [0.15, 0.2) is 34.0 Å². The van der Waals surface area contributed by atoms with E-state index in [0.29, 0.717) is 11.7 Å². The number of nitrogens with zero attached hydrogens (tertiary/aromatic N) is 4. The number of rotatable bonds is 7. The van der Waals surface area contributed by atoms with Crippen LogP contribution in [0.2, 0.25) is 5.15 Å². The summed E-state index contributed by atoms with van der Waals surface area (Å²) in [5.74, 6) is 2.72. The number of aliphatic imine (C=N–C) groups is 1.